The van der Waals surface area contributed by atoms with Gasteiger partial charge in [0, 0.05) is 38.7 Å². The Balaban J connectivity index is 1.41. The summed E-state index contributed by atoms with van der Waals surface area (Å²) in [6.07, 6.45) is 24.0. The van der Waals surface area contributed by atoms with Crippen LogP contribution in [0.4, 0.5) is 0 Å². The third-order valence-electron chi connectivity index (χ3n) is 12.1. The Morgan fingerprint density at radius 3 is 1.73 bits per heavy atom. The van der Waals surface area contributed by atoms with Crippen LogP contribution in [-0.2, 0) is 0 Å². The largest absolute Gasteiger partial charge is 0.508 e. The van der Waals surface area contributed by atoms with Gasteiger partial charge in [-0.2, -0.15) is 0 Å². The van der Waals surface area contributed by atoms with E-state index in [1.165, 1.54) is 44.9 Å². The maximum atomic E-state index is 10.8. The number of aromatic nitrogens is 1. The smallest absolute Gasteiger partial charge is 0.119 e. The normalized spacial score (nSPS) is 20.5. The van der Waals surface area contributed by atoms with Crippen molar-refractivity contribution < 1.29 is 20.1 Å². The van der Waals surface area contributed by atoms with Gasteiger partial charge in [-0.05, 0) is 138 Å². The van der Waals surface area contributed by atoms with E-state index < -0.39 is 0 Å². The zero-order chi connectivity index (χ0) is 46.4. The number of nitrogens with one attached hydrogen (secondary N) is 1. The van der Waals surface area contributed by atoms with Crippen LogP contribution in [0.1, 0.15) is 107 Å². The molecule has 0 amide bonds. The van der Waals surface area contributed by atoms with Crippen LogP contribution >= 0.6 is 0 Å². The van der Waals surface area contributed by atoms with Crippen LogP contribution in [0.3, 0.4) is 0 Å². The van der Waals surface area contributed by atoms with Crippen molar-refractivity contribution in [2.24, 2.45) is 10.7 Å². The molecule has 0 radical (unpaired) electrons. The minimum atomic E-state index is 0.123. The molecule has 5 aromatic rings. The van der Waals surface area contributed by atoms with E-state index in [0.29, 0.717) is 24.3 Å². The molecule has 3 heterocycles. The van der Waals surface area contributed by atoms with E-state index in [4.69, 9.17) is 15.5 Å². The number of phenolic OH excluding ortho intramolecular Hbond substituents is 3. The van der Waals surface area contributed by atoms with Gasteiger partial charge in [0.2, 0.25) is 0 Å². The number of aromatic hydroxyl groups is 3. The standard InChI is InChI=1S/C59H63N3O4/c1-5-7-8-9-10-11-12-13-14-35-66-50-26-18-22-46(39-50)58-42(6-2)29-27-40(3)56(43-19-15-23-47(63)36-43)51(60)30-28-41(4)57(44-20-16-24-48(64)37-44)52-31-33-54(61-52)59(55-34-32-53(58)62-55)45-21-17-25-49(65)38-45/h15-34,36-39,61,63-65H,4-14,35,60H2,1-3H3/b30-28-,40-27+,42-29+,56-51+,57-52+,58-53+,59-54-. The molecule has 338 valence electrons. The second-order valence-corrected chi connectivity index (χ2v) is 17.1. The van der Waals surface area contributed by atoms with Gasteiger partial charge in [-0.1, -0.05) is 139 Å². The molecule has 0 fully saturated rings. The number of aliphatic imine (C=N–C) groups is 1. The van der Waals surface area contributed by atoms with Crippen LogP contribution in [-0.4, -0.2) is 32.6 Å². The number of H-pyrrole nitrogens is 1. The summed E-state index contributed by atoms with van der Waals surface area (Å²) < 4.78 is 6.41. The van der Waals surface area contributed by atoms with Gasteiger partial charge in [-0.3, -0.25) is 0 Å². The quantitative estimate of drug-likeness (QED) is 0.0632. The molecule has 0 atom stereocenters. The van der Waals surface area contributed by atoms with Crippen LogP contribution in [0, 0.1) is 0 Å². The van der Waals surface area contributed by atoms with E-state index >= 15 is 0 Å². The third-order valence-corrected chi connectivity index (χ3v) is 12.1. The zero-order valence-corrected chi connectivity index (χ0v) is 38.6. The number of ether oxygens (including phenoxy) is 1. The van der Waals surface area contributed by atoms with E-state index in [9.17, 15) is 15.3 Å². The molecule has 0 aliphatic carbocycles. The van der Waals surface area contributed by atoms with Crippen molar-refractivity contribution in [3.8, 4) is 23.0 Å². The van der Waals surface area contributed by atoms with Gasteiger partial charge in [-0.15, -0.1) is 0 Å². The first-order valence-electron chi connectivity index (χ1n) is 23.4. The van der Waals surface area contributed by atoms with Gasteiger partial charge >= 0.3 is 0 Å². The Kier molecular flexibility index (Phi) is 16.0. The number of nitrogens with two attached hydrogens (primary N) is 1. The van der Waals surface area contributed by atoms with E-state index in [-0.39, 0.29) is 17.2 Å². The fraction of sp³-hybridized carbons (Fsp3) is 0.237. The summed E-state index contributed by atoms with van der Waals surface area (Å²) in [7, 11) is 0. The third kappa shape index (κ3) is 11.7. The van der Waals surface area contributed by atoms with E-state index in [1.54, 1.807) is 42.5 Å². The molecular formula is C59H63N3O4. The van der Waals surface area contributed by atoms with Gasteiger partial charge in [0.05, 0.1) is 18.0 Å². The lowest BCUT2D eigenvalue weighted by molar-refractivity contribution is 0.304. The summed E-state index contributed by atoms with van der Waals surface area (Å²) in [5, 5.41) is 33.6. The molecule has 6 N–H and O–H groups in total. The highest BCUT2D eigenvalue weighted by Gasteiger charge is 2.21. The predicted molar refractivity (Wildman–Crippen MR) is 274 cm³/mol. The fourth-order valence-electron chi connectivity index (χ4n) is 8.77. The maximum Gasteiger partial charge on any atom is 0.119 e. The zero-order valence-electron chi connectivity index (χ0n) is 38.6. The molecule has 4 aromatic carbocycles. The molecule has 2 aliphatic rings. The average Bonchev–Trinajstić information content (AvgIpc) is 3.98. The van der Waals surface area contributed by atoms with Crippen LogP contribution in [0.15, 0.2) is 185 Å². The topological polar surface area (TPSA) is 124 Å². The number of allylic oxidation sites excluding steroid dienone is 11. The lowest BCUT2D eigenvalue weighted by Crippen LogP contribution is -2.19. The Morgan fingerprint density at radius 1 is 0.576 bits per heavy atom. The minimum absolute atomic E-state index is 0.123. The maximum absolute atomic E-state index is 10.8. The van der Waals surface area contributed by atoms with Gasteiger partial charge < -0.3 is 30.8 Å². The first-order valence-corrected chi connectivity index (χ1v) is 23.4. The van der Waals surface area contributed by atoms with Crippen molar-refractivity contribution in [1.82, 2.24) is 4.98 Å². The fourth-order valence-corrected chi connectivity index (χ4v) is 8.77. The van der Waals surface area contributed by atoms with Crippen LogP contribution in [0.25, 0.3) is 22.3 Å². The number of hydrogen-bond donors (Lipinski definition) is 5. The minimum Gasteiger partial charge on any atom is -0.508 e. The summed E-state index contributed by atoms with van der Waals surface area (Å²) in [5.41, 5.74) is 18.2. The van der Waals surface area contributed by atoms with Crippen molar-refractivity contribution in [3.63, 3.8) is 0 Å². The Labute approximate surface area is 390 Å². The van der Waals surface area contributed by atoms with Gasteiger partial charge in [-0.25, -0.2) is 4.99 Å². The number of nitrogens with zero attached hydrogens (tertiary/aromatic N) is 1. The molecule has 0 unspecified atom stereocenters. The average molecular weight is 878 g/mol. The van der Waals surface area contributed by atoms with Crippen LogP contribution in [0.2, 0.25) is 0 Å². The Hall–Kier alpha value is -7.25. The SMILES string of the molecule is C=C1\C=C/C(N)=C(c2cccc(O)c2)/C(C)=C/C=C(CC)/C(c2cccc(OCCCCCCCCCCC)c2)=C2/C=CC(=N2)/C(c2cccc(O)c2)=c2/cc/c([nH]2)=C/1c1cccc(O)c1. The number of aromatic amines is 1. The summed E-state index contributed by atoms with van der Waals surface area (Å²) in [6, 6.07) is 33.7. The van der Waals surface area contributed by atoms with Crippen molar-refractivity contribution in [1.29, 1.82) is 0 Å². The monoisotopic (exact) mass is 877 g/mol. The summed E-state index contributed by atoms with van der Waals surface area (Å²) in [4.78, 5) is 9.08. The molecule has 2 aliphatic heterocycles. The molecule has 4 bridgehead atoms. The van der Waals surface area contributed by atoms with Gasteiger partial charge in [0.1, 0.15) is 23.0 Å². The molecule has 0 saturated heterocycles. The molecular weight excluding hydrogens is 815 g/mol. The molecule has 7 nitrogen and oxygen atoms in total. The molecule has 7 heteroatoms. The highest BCUT2D eigenvalue weighted by atomic mass is 16.5. The summed E-state index contributed by atoms with van der Waals surface area (Å²) >= 11 is 0. The number of fused-ring (bicyclic) bond motifs is 3. The second-order valence-electron chi connectivity index (χ2n) is 17.1. The van der Waals surface area contributed by atoms with Crippen molar-refractivity contribution >= 4 is 28.0 Å². The molecule has 7 rings (SSSR count). The first kappa shape index (κ1) is 46.7. The summed E-state index contributed by atoms with van der Waals surface area (Å²) in [6.45, 7) is 11.6. The van der Waals surface area contributed by atoms with E-state index in [0.717, 1.165) is 96.4 Å². The molecule has 0 saturated carbocycles. The lowest BCUT2D eigenvalue weighted by Gasteiger charge is -2.16. The van der Waals surface area contributed by atoms with Crippen LogP contribution < -0.4 is 21.2 Å². The molecule has 66 heavy (non-hydrogen) atoms. The number of rotatable bonds is 16. The van der Waals surface area contributed by atoms with Crippen molar-refractivity contribution in [3.05, 3.63) is 213 Å². The van der Waals surface area contributed by atoms with Gasteiger partial charge in [0.25, 0.3) is 0 Å². The molecule has 0 spiro atoms. The highest BCUT2D eigenvalue weighted by Crippen LogP contribution is 2.37. The first-order chi connectivity index (χ1) is 32.1. The summed E-state index contributed by atoms with van der Waals surface area (Å²) in [5.74, 6) is 1.21. The number of hydrogen-bond acceptors (Lipinski definition) is 6. The lowest BCUT2D eigenvalue weighted by atomic mass is 9.91. The van der Waals surface area contributed by atoms with Crippen molar-refractivity contribution in [2.45, 2.75) is 85.0 Å². The second kappa shape index (κ2) is 22.6. The highest BCUT2D eigenvalue weighted by molar-refractivity contribution is 6.30. The van der Waals surface area contributed by atoms with Crippen molar-refractivity contribution in [2.75, 3.05) is 6.61 Å². The van der Waals surface area contributed by atoms with Crippen LogP contribution in [0.5, 0.6) is 23.0 Å². The van der Waals surface area contributed by atoms with E-state index in [2.05, 4.69) is 55.8 Å². The van der Waals surface area contributed by atoms with E-state index in [1.807, 2.05) is 79.7 Å². The number of benzene rings is 4. The number of unbranched alkanes of at least 4 members (excludes halogenated alkanes) is 8. The Bertz CT molecular complexity index is 2910. The Morgan fingerprint density at radius 2 is 1.12 bits per heavy atom. The molecule has 1 aromatic heterocycles. The predicted octanol–water partition coefficient (Wildman–Crippen LogP) is 12.6. The van der Waals surface area contributed by atoms with Gasteiger partial charge in [0.15, 0.2) is 0 Å². The number of phenols is 3.